The molecule has 4 heterocycles. The maximum absolute atomic E-state index is 13.1. The molecule has 146 valence electrons. The molecule has 4 aromatic rings. The summed E-state index contributed by atoms with van der Waals surface area (Å²) in [6.45, 7) is 1.29. The lowest BCUT2D eigenvalue weighted by atomic mass is 9.94. The number of hydrogen-bond donors (Lipinski definition) is 1. The first-order chi connectivity index (χ1) is 14.2. The number of carbonyl (C=O) groups excluding carboxylic acids is 1. The second kappa shape index (κ2) is 7.16. The number of aromatic amines is 1. The summed E-state index contributed by atoms with van der Waals surface area (Å²) in [5.74, 6) is -0.0745. The quantitative estimate of drug-likeness (QED) is 0.563. The number of rotatable bonds is 3. The molecule has 0 radical (unpaired) electrons. The molecule has 1 unspecified atom stereocenters. The van der Waals surface area contributed by atoms with Gasteiger partial charge in [0.2, 0.25) is 5.76 Å². The van der Waals surface area contributed by atoms with Crippen LogP contribution in [0, 0.1) is 5.82 Å². The Morgan fingerprint density at radius 1 is 1.21 bits per heavy atom. The van der Waals surface area contributed by atoms with Crippen molar-refractivity contribution < 1.29 is 13.7 Å². The maximum Gasteiger partial charge on any atom is 0.292 e. The van der Waals surface area contributed by atoms with Gasteiger partial charge in [-0.15, -0.1) is 0 Å². The Balaban J connectivity index is 1.34. The molecular formula is C22H19FN4O2. The van der Waals surface area contributed by atoms with E-state index < -0.39 is 0 Å². The summed E-state index contributed by atoms with van der Waals surface area (Å²) in [4.78, 5) is 22.6. The van der Waals surface area contributed by atoms with E-state index in [1.54, 1.807) is 24.4 Å². The molecule has 6 nitrogen and oxygen atoms in total. The van der Waals surface area contributed by atoms with Gasteiger partial charge in [-0.2, -0.15) is 0 Å². The van der Waals surface area contributed by atoms with Crippen molar-refractivity contribution in [3.05, 3.63) is 72.0 Å². The molecule has 1 atom stereocenters. The molecule has 7 heteroatoms. The highest BCUT2D eigenvalue weighted by molar-refractivity contribution is 5.92. The Kier molecular flexibility index (Phi) is 4.35. The largest absolute Gasteiger partial charge is 0.357 e. The summed E-state index contributed by atoms with van der Waals surface area (Å²) in [7, 11) is 0. The molecule has 1 amide bonds. The highest BCUT2D eigenvalue weighted by Gasteiger charge is 2.28. The summed E-state index contributed by atoms with van der Waals surface area (Å²) in [5, 5.41) is 3.98. The summed E-state index contributed by atoms with van der Waals surface area (Å²) >= 11 is 0. The molecule has 3 aromatic heterocycles. The summed E-state index contributed by atoms with van der Waals surface area (Å²) in [6, 6.07) is 13.5. The lowest BCUT2D eigenvalue weighted by molar-refractivity contribution is 0.0664. The monoisotopic (exact) mass is 390 g/mol. The van der Waals surface area contributed by atoms with Crippen molar-refractivity contribution in [2.75, 3.05) is 13.1 Å². The fraction of sp³-hybridized carbons (Fsp3) is 0.227. The van der Waals surface area contributed by atoms with Gasteiger partial charge in [0.15, 0.2) is 0 Å². The minimum atomic E-state index is -0.319. The number of nitrogens with one attached hydrogen (secondary N) is 1. The molecule has 5 rings (SSSR count). The van der Waals surface area contributed by atoms with E-state index in [1.807, 2.05) is 17.0 Å². The number of amides is 1. The molecule has 0 aliphatic carbocycles. The summed E-state index contributed by atoms with van der Waals surface area (Å²) in [6.07, 6.45) is 3.70. The number of fused-ring (bicyclic) bond motifs is 1. The van der Waals surface area contributed by atoms with Crippen molar-refractivity contribution in [2.24, 2.45) is 0 Å². The predicted octanol–water partition coefficient (Wildman–Crippen LogP) is 4.38. The molecule has 1 saturated heterocycles. The Morgan fingerprint density at radius 3 is 2.90 bits per heavy atom. The SMILES string of the molecule is O=C(c1cc(-c2ccc(F)cc2)no1)N1CCCC(c2cc3ncccc3[nH]2)C1. The van der Waals surface area contributed by atoms with Crippen LogP contribution < -0.4 is 0 Å². The minimum Gasteiger partial charge on any atom is -0.357 e. The number of nitrogens with zero attached hydrogens (tertiary/aromatic N) is 3. The third-order valence-electron chi connectivity index (χ3n) is 5.42. The van der Waals surface area contributed by atoms with E-state index in [-0.39, 0.29) is 23.4 Å². The Labute approximate surface area is 166 Å². The lowest BCUT2D eigenvalue weighted by Crippen LogP contribution is -2.39. The van der Waals surface area contributed by atoms with E-state index >= 15 is 0 Å². The third kappa shape index (κ3) is 3.40. The molecule has 29 heavy (non-hydrogen) atoms. The molecule has 0 spiro atoms. The van der Waals surface area contributed by atoms with Gasteiger partial charge in [0.05, 0.1) is 11.0 Å². The zero-order chi connectivity index (χ0) is 19.8. The van der Waals surface area contributed by atoms with Gasteiger partial charge in [-0.1, -0.05) is 5.16 Å². The van der Waals surface area contributed by atoms with E-state index in [0.717, 1.165) is 29.6 Å². The van der Waals surface area contributed by atoms with Gasteiger partial charge >= 0.3 is 0 Å². The summed E-state index contributed by atoms with van der Waals surface area (Å²) < 4.78 is 18.4. The molecule has 1 aromatic carbocycles. The fourth-order valence-electron chi connectivity index (χ4n) is 3.90. The van der Waals surface area contributed by atoms with Crippen molar-refractivity contribution in [2.45, 2.75) is 18.8 Å². The van der Waals surface area contributed by atoms with Gasteiger partial charge in [0.1, 0.15) is 11.5 Å². The highest BCUT2D eigenvalue weighted by Crippen LogP contribution is 2.29. The lowest BCUT2D eigenvalue weighted by Gasteiger charge is -2.31. The van der Waals surface area contributed by atoms with Crippen LogP contribution in [0.4, 0.5) is 4.39 Å². The number of aromatic nitrogens is 3. The fourth-order valence-corrected chi connectivity index (χ4v) is 3.90. The van der Waals surface area contributed by atoms with Crippen LogP contribution in [0.25, 0.3) is 22.3 Å². The van der Waals surface area contributed by atoms with Crippen molar-refractivity contribution >= 4 is 16.9 Å². The molecular weight excluding hydrogens is 371 g/mol. The van der Waals surface area contributed by atoms with Crippen molar-refractivity contribution in [3.63, 3.8) is 0 Å². The van der Waals surface area contributed by atoms with Gasteiger partial charge in [-0.25, -0.2) is 4.39 Å². The van der Waals surface area contributed by atoms with Gasteiger partial charge in [-0.05, 0) is 55.3 Å². The number of H-pyrrole nitrogens is 1. The van der Waals surface area contributed by atoms with Crippen molar-refractivity contribution in [1.29, 1.82) is 0 Å². The summed E-state index contributed by atoms with van der Waals surface area (Å²) in [5.41, 5.74) is 4.26. The van der Waals surface area contributed by atoms with Gasteiger partial charge in [-0.3, -0.25) is 9.78 Å². The Bertz CT molecular complexity index is 1130. The standard InChI is InChI=1S/C22H19FN4O2/c23-16-7-5-14(6-8-16)19-12-21(29-26-19)22(28)27-10-2-3-15(13-27)18-11-20-17(25-18)4-1-9-24-20/h1,4-9,11-12,15,25H,2-3,10,13H2. The minimum absolute atomic E-state index is 0.176. The van der Waals surface area contributed by atoms with Gasteiger partial charge < -0.3 is 14.4 Å². The zero-order valence-corrected chi connectivity index (χ0v) is 15.6. The van der Waals surface area contributed by atoms with Crippen molar-refractivity contribution in [3.8, 4) is 11.3 Å². The van der Waals surface area contributed by atoms with Crippen LogP contribution in [-0.4, -0.2) is 39.0 Å². The second-order valence-corrected chi connectivity index (χ2v) is 7.33. The molecule has 1 aliphatic rings. The van der Waals surface area contributed by atoms with E-state index in [1.165, 1.54) is 12.1 Å². The van der Waals surface area contributed by atoms with Crippen LogP contribution >= 0.6 is 0 Å². The van der Waals surface area contributed by atoms with Crippen molar-refractivity contribution in [1.82, 2.24) is 20.0 Å². The van der Waals surface area contributed by atoms with Crippen LogP contribution in [0.5, 0.6) is 0 Å². The van der Waals surface area contributed by atoms with Gasteiger partial charge in [0.25, 0.3) is 5.91 Å². The number of benzene rings is 1. The Morgan fingerprint density at radius 2 is 2.07 bits per heavy atom. The third-order valence-corrected chi connectivity index (χ3v) is 5.42. The van der Waals surface area contributed by atoms with Gasteiger partial charge in [0, 0.05) is 42.5 Å². The first-order valence-corrected chi connectivity index (χ1v) is 9.63. The number of halogens is 1. The molecule has 1 aliphatic heterocycles. The number of pyridine rings is 1. The molecule has 0 saturated carbocycles. The normalized spacial score (nSPS) is 17.0. The predicted molar refractivity (Wildman–Crippen MR) is 106 cm³/mol. The average molecular weight is 390 g/mol. The first kappa shape index (κ1) is 17.6. The van der Waals surface area contributed by atoms with Crippen LogP contribution in [0.1, 0.15) is 35.0 Å². The second-order valence-electron chi connectivity index (χ2n) is 7.33. The maximum atomic E-state index is 13.1. The van der Waals surface area contributed by atoms with Crippen LogP contribution in [0.15, 0.2) is 59.3 Å². The molecule has 0 bridgehead atoms. The average Bonchev–Trinajstić information content (AvgIpc) is 3.41. The highest BCUT2D eigenvalue weighted by atomic mass is 19.1. The number of hydrogen-bond acceptors (Lipinski definition) is 4. The first-order valence-electron chi connectivity index (χ1n) is 9.63. The van der Waals surface area contributed by atoms with E-state index in [4.69, 9.17) is 4.52 Å². The smallest absolute Gasteiger partial charge is 0.292 e. The van der Waals surface area contributed by atoms with E-state index in [9.17, 15) is 9.18 Å². The van der Waals surface area contributed by atoms with Crippen LogP contribution in [0.2, 0.25) is 0 Å². The number of piperidine rings is 1. The van der Waals surface area contributed by atoms with Crippen LogP contribution in [-0.2, 0) is 0 Å². The van der Waals surface area contributed by atoms with E-state index in [2.05, 4.69) is 21.2 Å². The zero-order valence-electron chi connectivity index (χ0n) is 15.6. The number of carbonyl (C=O) groups is 1. The van der Waals surface area contributed by atoms with Crippen LogP contribution in [0.3, 0.4) is 0 Å². The number of likely N-dealkylation sites (tertiary alicyclic amines) is 1. The topological polar surface area (TPSA) is 75.0 Å². The Hall–Kier alpha value is -3.48. The van der Waals surface area contributed by atoms with E-state index in [0.29, 0.717) is 24.3 Å². The molecule has 1 N–H and O–H groups in total. The molecule has 1 fully saturated rings.